The minimum absolute atomic E-state index is 0.0864. The lowest BCUT2D eigenvalue weighted by Crippen LogP contribution is -2.52. The molecule has 1 amide bonds. The molecule has 1 aliphatic carbocycles. The third-order valence-electron chi connectivity index (χ3n) is 4.43. The fourth-order valence-electron chi connectivity index (χ4n) is 3.36. The number of hydrogen-bond acceptors (Lipinski definition) is 6. The van der Waals surface area contributed by atoms with Gasteiger partial charge in [0.1, 0.15) is 6.54 Å². The number of fused-ring (bicyclic) bond motifs is 1. The average Bonchev–Trinajstić information content (AvgIpc) is 3.27. The molecule has 8 heteroatoms. The van der Waals surface area contributed by atoms with Crippen molar-refractivity contribution in [2.24, 2.45) is 0 Å². The van der Waals surface area contributed by atoms with E-state index in [-0.39, 0.29) is 30.5 Å². The molecule has 1 saturated heterocycles. The average molecular weight is 335 g/mol. The number of nitrogens with zero attached hydrogens (tertiary/aromatic N) is 3. The Morgan fingerprint density at radius 1 is 1.43 bits per heavy atom. The summed E-state index contributed by atoms with van der Waals surface area (Å²) in [6.45, 7) is 1.04. The standard InChI is InChI=1S/C15H17N3O4S/c19-13(17-6-7-21-11-4-1-3-10(11)17)9-18-15(20)22-14(16-18)12-5-2-8-23-12/h2,5,8,10-11H,1,3-4,6-7,9H2. The molecule has 7 nitrogen and oxygen atoms in total. The van der Waals surface area contributed by atoms with Gasteiger partial charge in [-0.3, -0.25) is 4.79 Å². The number of carbonyl (C=O) groups is 1. The number of rotatable bonds is 3. The molecule has 23 heavy (non-hydrogen) atoms. The Bertz CT molecular complexity index is 751. The Kier molecular flexibility index (Phi) is 3.78. The maximum atomic E-state index is 12.6. The van der Waals surface area contributed by atoms with Crippen LogP contribution < -0.4 is 5.76 Å². The van der Waals surface area contributed by atoms with Crippen molar-refractivity contribution in [2.45, 2.75) is 38.0 Å². The quantitative estimate of drug-likeness (QED) is 0.846. The maximum Gasteiger partial charge on any atom is 0.437 e. The van der Waals surface area contributed by atoms with Crippen molar-refractivity contribution in [1.29, 1.82) is 0 Å². The van der Waals surface area contributed by atoms with Crippen molar-refractivity contribution in [3.8, 4) is 10.8 Å². The zero-order valence-corrected chi connectivity index (χ0v) is 13.3. The van der Waals surface area contributed by atoms with Gasteiger partial charge in [0.25, 0.3) is 5.89 Å². The molecular formula is C15H17N3O4S. The molecule has 0 radical (unpaired) electrons. The van der Waals surface area contributed by atoms with Gasteiger partial charge in [-0.25, -0.2) is 4.79 Å². The first kappa shape index (κ1) is 14.6. The van der Waals surface area contributed by atoms with Gasteiger partial charge in [0, 0.05) is 6.54 Å². The summed E-state index contributed by atoms with van der Waals surface area (Å²) in [5.74, 6) is -0.435. The highest BCUT2D eigenvalue weighted by Crippen LogP contribution is 2.29. The smallest absolute Gasteiger partial charge is 0.387 e. The van der Waals surface area contributed by atoms with Crippen molar-refractivity contribution in [1.82, 2.24) is 14.7 Å². The Hall–Kier alpha value is -1.93. The van der Waals surface area contributed by atoms with Crippen LogP contribution in [0.5, 0.6) is 0 Å². The monoisotopic (exact) mass is 335 g/mol. The summed E-state index contributed by atoms with van der Waals surface area (Å²) >= 11 is 1.44. The lowest BCUT2D eigenvalue weighted by Gasteiger charge is -2.37. The minimum atomic E-state index is -0.599. The van der Waals surface area contributed by atoms with Crippen LogP contribution in [0.25, 0.3) is 10.8 Å². The van der Waals surface area contributed by atoms with Gasteiger partial charge in [-0.15, -0.1) is 16.4 Å². The van der Waals surface area contributed by atoms with Crippen molar-refractivity contribution in [2.75, 3.05) is 13.2 Å². The molecule has 2 unspecified atom stereocenters. The molecule has 1 aliphatic heterocycles. The highest BCUT2D eigenvalue weighted by atomic mass is 32.1. The predicted molar refractivity (Wildman–Crippen MR) is 83.2 cm³/mol. The first-order valence-corrected chi connectivity index (χ1v) is 8.63. The molecule has 0 aromatic carbocycles. The van der Waals surface area contributed by atoms with E-state index in [0.717, 1.165) is 28.8 Å². The van der Waals surface area contributed by atoms with Gasteiger partial charge in [0.15, 0.2) is 0 Å². The SMILES string of the molecule is O=C(Cn1nc(-c2cccs2)oc1=O)N1CCOC2CCCC21. The summed E-state index contributed by atoms with van der Waals surface area (Å²) in [6.07, 6.45) is 3.18. The van der Waals surface area contributed by atoms with Crippen molar-refractivity contribution in [3.63, 3.8) is 0 Å². The minimum Gasteiger partial charge on any atom is -0.387 e. The second-order valence-corrected chi connectivity index (χ2v) is 6.75. The van der Waals surface area contributed by atoms with E-state index in [9.17, 15) is 9.59 Å². The van der Waals surface area contributed by atoms with Crippen LogP contribution in [0, 0.1) is 0 Å². The molecule has 4 rings (SSSR count). The van der Waals surface area contributed by atoms with E-state index >= 15 is 0 Å². The number of amides is 1. The molecule has 2 aromatic heterocycles. The molecule has 2 fully saturated rings. The highest BCUT2D eigenvalue weighted by molar-refractivity contribution is 7.13. The molecule has 2 atom stereocenters. The van der Waals surface area contributed by atoms with Crippen LogP contribution in [0.15, 0.2) is 26.7 Å². The first-order chi connectivity index (χ1) is 11.2. The fourth-order valence-corrected chi connectivity index (χ4v) is 4.00. The second-order valence-electron chi connectivity index (χ2n) is 5.80. The van der Waals surface area contributed by atoms with Gasteiger partial charge in [0.05, 0.1) is 23.6 Å². The molecule has 122 valence electrons. The molecular weight excluding hydrogens is 318 g/mol. The first-order valence-electron chi connectivity index (χ1n) is 7.75. The predicted octanol–water partition coefficient (Wildman–Crippen LogP) is 1.34. The van der Waals surface area contributed by atoms with Crippen LogP contribution >= 0.6 is 11.3 Å². The molecule has 3 heterocycles. The molecule has 0 spiro atoms. The second kappa shape index (κ2) is 5.93. The van der Waals surface area contributed by atoms with E-state index < -0.39 is 5.76 Å². The molecule has 0 bridgehead atoms. The van der Waals surface area contributed by atoms with Gasteiger partial charge in [-0.2, -0.15) is 4.68 Å². The van der Waals surface area contributed by atoms with Crippen molar-refractivity contribution in [3.05, 3.63) is 28.1 Å². The zero-order valence-electron chi connectivity index (χ0n) is 12.5. The van der Waals surface area contributed by atoms with Gasteiger partial charge in [-0.1, -0.05) is 6.07 Å². The van der Waals surface area contributed by atoms with Gasteiger partial charge in [0.2, 0.25) is 5.91 Å². The maximum absolute atomic E-state index is 12.6. The van der Waals surface area contributed by atoms with E-state index in [4.69, 9.17) is 9.15 Å². The molecule has 1 saturated carbocycles. The molecule has 2 aromatic rings. The normalized spacial score (nSPS) is 23.9. The van der Waals surface area contributed by atoms with E-state index in [2.05, 4.69) is 5.10 Å². The summed E-state index contributed by atoms with van der Waals surface area (Å²) in [5, 5.41) is 6.02. The Labute approximate surface area is 136 Å². The number of thiophene rings is 1. The highest BCUT2D eigenvalue weighted by Gasteiger charge is 2.38. The topological polar surface area (TPSA) is 77.6 Å². The molecule has 2 aliphatic rings. The van der Waals surface area contributed by atoms with Crippen LogP contribution in [0.3, 0.4) is 0 Å². The van der Waals surface area contributed by atoms with Crippen LogP contribution in [0.1, 0.15) is 19.3 Å². The van der Waals surface area contributed by atoms with Crippen LogP contribution in [-0.2, 0) is 16.1 Å². The number of ether oxygens (including phenoxy) is 1. The van der Waals surface area contributed by atoms with Crippen molar-refractivity contribution >= 4 is 17.2 Å². The number of aromatic nitrogens is 2. The summed E-state index contributed by atoms with van der Waals surface area (Å²) in [5.41, 5.74) is 0. The lowest BCUT2D eigenvalue weighted by atomic mass is 10.1. The van der Waals surface area contributed by atoms with Crippen LogP contribution in [0.4, 0.5) is 0 Å². The number of morpholine rings is 1. The van der Waals surface area contributed by atoms with Crippen LogP contribution in [0.2, 0.25) is 0 Å². The van der Waals surface area contributed by atoms with Gasteiger partial charge >= 0.3 is 5.76 Å². The van der Waals surface area contributed by atoms with Gasteiger partial charge < -0.3 is 14.1 Å². The third-order valence-corrected chi connectivity index (χ3v) is 5.28. The van der Waals surface area contributed by atoms with Gasteiger partial charge in [-0.05, 0) is 30.7 Å². The number of hydrogen-bond donors (Lipinski definition) is 0. The van der Waals surface area contributed by atoms with Crippen LogP contribution in [-0.4, -0.2) is 45.9 Å². The Morgan fingerprint density at radius 2 is 2.35 bits per heavy atom. The van der Waals surface area contributed by atoms with E-state index in [1.54, 1.807) is 0 Å². The lowest BCUT2D eigenvalue weighted by molar-refractivity contribution is -0.144. The third kappa shape index (κ3) is 2.72. The van der Waals surface area contributed by atoms with E-state index in [1.807, 2.05) is 22.4 Å². The zero-order chi connectivity index (χ0) is 15.8. The van der Waals surface area contributed by atoms with Crippen molar-refractivity contribution < 1.29 is 13.9 Å². The Balaban J connectivity index is 1.51. The Morgan fingerprint density at radius 3 is 3.17 bits per heavy atom. The summed E-state index contributed by atoms with van der Waals surface area (Å²) in [6, 6.07) is 3.82. The van der Waals surface area contributed by atoms with E-state index in [1.165, 1.54) is 11.3 Å². The molecule has 0 N–H and O–H groups in total. The summed E-state index contributed by atoms with van der Waals surface area (Å²) in [4.78, 5) is 27.1. The van der Waals surface area contributed by atoms with E-state index in [0.29, 0.717) is 13.2 Å². The summed E-state index contributed by atoms with van der Waals surface area (Å²) < 4.78 is 12.0. The largest absolute Gasteiger partial charge is 0.437 e. The number of carbonyl (C=O) groups excluding carboxylic acids is 1. The fraction of sp³-hybridized carbons (Fsp3) is 0.533. The summed E-state index contributed by atoms with van der Waals surface area (Å²) in [7, 11) is 0.